The van der Waals surface area contributed by atoms with Crippen LogP contribution in [0, 0.1) is 0 Å². The van der Waals surface area contributed by atoms with Crippen LogP contribution in [0.5, 0.6) is 0 Å². The van der Waals surface area contributed by atoms with E-state index in [-0.39, 0.29) is 6.61 Å². The Morgan fingerprint density at radius 1 is 0.553 bits per heavy atom. The summed E-state index contributed by atoms with van der Waals surface area (Å²) in [6.07, 6.45) is 5.09. The molecule has 1 heterocycles. The van der Waals surface area contributed by atoms with Crippen molar-refractivity contribution in [3.05, 3.63) is 151 Å². The van der Waals surface area contributed by atoms with Gasteiger partial charge in [-0.2, -0.15) is 0 Å². The minimum absolute atomic E-state index is 0.198. The normalized spacial score (nSPS) is 11.4. The smallest absolute Gasteiger partial charge is 0.173 e. The molecule has 3 nitrogen and oxygen atoms in total. The highest BCUT2D eigenvalue weighted by molar-refractivity contribution is 7.84. The molecule has 0 unspecified atom stereocenters. The van der Waals surface area contributed by atoms with Crippen LogP contribution in [0.15, 0.2) is 146 Å². The van der Waals surface area contributed by atoms with Crippen LogP contribution in [0.4, 0.5) is 0 Å². The Morgan fingerprint density at radius 2 is 0.974 bits per heavy atom. The Hall–Kier alpha value is -3.19. The number of aromatic nitrogens is 1. The van der Waals surface area contributed by atoms with Crippen LogP contribution in [0.25, 0.3) is 0 Å². The van der Waals surface area contributed by atoms with Crippen molar-refractivity contribution >= 4 is 37.4 Å². The predicted octanol–water partition coefficient (Wildman–Crippen LogP) is 5.25. The van der Waals surface area contributed by atoms with E-state index in [1.54, 1.807) is 0 Å². The summed E-state index contributed by atoms with van der Waals surface area (Å²) < 4.78 is 4.95. The van der Waals surface area contributed by atoms with Crippen LogP contribution >= 0.6 is 16.1 Å². The third-order valence-corrected chi connectivity index (χ3v) is 11.7. The summed E-state index contributed by atoms with van der Waals surface area (Å²) in [6.45, 7) is 1.82. The predicted molar refractivity (Wildman–Crippen MR) is 162 cm³/mol. The fourth-order valence-corrected chi connectivity index (χ4v) is 10.6. The summed E-state index contributed by atoms with van der Waals surface area (Å²) in [6, 6.07) is 48.3. The van der Waals surface area contributed by atoms with Crippen LogP contribution in [0.1, 0.15) is 12.0 Å². The molecule has 0 fully saturated rings. The molecule has 5 rings (SSSR count). The summed E-state index contributed by atoms with van der Waals surface area (Å²) in [7, 11) is -1.66. The molecule has 4 aromatic carbocycles. The standard InChI is InChI=1S/C33H33N2OP2/c36-26-14-25-34-24-13-15-29(27-34)28-35(37(30-16-5-1-6-17-30)31-18-7-2-8-19-31)38(32-20-9-3-10-21-32)33-22-11-4-12-23-33/h1-13,15-24,27,36H,14,25-26,28H2/q+1. The summed E-state index contributed by atoms with van der Waals surface area (Å²) in [5.74, 6) is 0. The lowest BCUT2D eigenvalue weighted by atomic mass is 10.3. The molecule has 0 bridgehead atoms. The lowest BCUT2D eigenvalue weighted by molar-refractivity contribution is -0.697. The van der Waals surface area contributed by atoms with Gasteiger partial charge in [0.15, 0.2) is 18.9 Å². The fraction of sp³-hybridized carbons (Fsp3) is 0.121. The summed E-state index contributed by atoms with van der Waals surface area (Å²) >= 11 is 0. The Kier molecular flexibility index (Phi) is 9.43. The third-order valence-electron chi connectivity index (χ3n) is 6.28. The number of aryl methyl sites for hydroxylation is 1. The van der Waals surface area contributed by atoms with Gasteiger partial charge in [0.2, 0.25) is 0 Å². The Labute approximate surface area is 228 Å². The number of hydrogen-bond acceptors (Lipinski definition) is 2. The van der Waals surface area contributed by atoms with E-state index >= 15 is 0 Å². The number of aliphatic hydroxyl groups is 1. The topological polar surface area (TPSA) is 27.4 Å². The van der Waals surface area contributed by atoms with Gasteiger partial charge in [-0.1, -0.05) is 121 Å². The molecule has 1 aromatic heterocycles. The number of rotatable bonds is 11. The molecule has 38 heavy (non-hydrogen) atoms. The SMILES string of the molecule is OCCC[n+]1cccc(CN(P(c2ccccc2)c2ccccc2)P(c2ccccc2)c2ccccc2)c1. The minimum Gasteiger partial charge on any atom is -0.396 e. The molecule has 5 aromatic rings. The molecule has 190 valence electrons. The number of nitrogens with zero attached hydrogens (tertiary/aromatic N) is 2. The first-order valence-corrected chi connectivity index (χ1v) is 15.6. The molecular weight excluding hydrogens is 502 g/mol. The molecule has 1 N–H and O–H groups in total. The van der Waals surface area contributed by atoms with Gasteiger partial charge in [-0.05, 0) is 27.3 Å². The van der Waals surface area contributed by atoms with Crippen molar-refractivity contribution in [2.75, 3.05) is 6.61 Å². The van der Waals surface area contributed by atoms with Crippen LogP contribution in [-0.4, -0.2) is 16.2 Å². The van der Waals surface area contributed by atoms with E-state index in [0.717, 1.165) is 19.5 Å². The molecule has 0 atom stereocenters. The van der Waals surface area contributed by atoms with Gasteiger partial charge in [0.1, 0.15) is 0 Å². The van der Waals surface area contributed by atoms with E-state index in [1.807, 2.05) is 0 Å². The lowest BCUT2D eigenvalue weighted by Crippen LogP contribution is -2.35. The molecule has 0 aliphatic heterocycles. The fourth-order valence-electron chi connectivity index (χ4n) is 4.56. The molecule has 0 aliphatic rings. The highest BCUT2D eigenvalue weighted by Crippen LogP contribution is 2.55. The zero-order valence-corrected chi connectivity index (χ0v) is 23.2. The van der Waals surface area contributed by atoms with Crippen molar-refractivity contribution in [3.8, 4) is 0 Å². The van der Waals surface area contributed by atoms with Crippen molar-refractivity contribution in [1.82, 2.24) is 4.44 Å². The Bertz CT molecular complexity index is 1220. The van der Waals surface area contributed by atoms with Gasteiger partial charge in [0.05, 0.1) is 0 Å². The first-order chi connectivity index (χ1) is 18.8. The quantitative estimate of drug-likeness (QED) is 0.185. The van der Waals surface area contributed by atoms with Gasteiger partial charge < -0.3 is 5.11 Å². The van der Waals surface area contributed by atoms with E-state index in [4.69, 9.17) is 0 Å². The second kappa shape index (κ2) is 13.6. The number of aliphatic hydroxyl groups excluding tert-OH is 1. The highest BCUT2D eigenvalue weighted by Gasteiger charge is 2.32. The molecular formula is C33H33N2OP2+. The first-order valence-electron chi connectivity index (χ1n) is 13.0. The van der Waals surface area contributed by atoms with Gasteiger partial charge in [0, 0.05) is 47.3 Å². The average Bonchev–Trinajstić information content (AvgIpc) is 2.99. The zero-order valence-electron chi connectivity index (χ0n) is 21.4. The second-order valence-electron chi connectivity index (χ2n) is 9.02. The van der Waals surface area contributed by atoms with Crippen molar-refractivity contribution in [3.63, 3.8) is 0 Å². The second-order valence-corrected chi connectivity index (χ2v) is 13.6. The lowest BCUT2D eigenvalue weighted by Gasteiger charge is -2.39. The number of pyridine rings is 1. The van der Waals surface area contributed by atoms with Crippen molar-refractivity contribution in [2.45, 2.75) is 19.5 Å². The maximum absolute atomic E-state index is 9.38. The van der Waals surface area contributed by atoms with Gasteiger partial charge in [-0.15, -0.1) is 0 Å². The van der Waals surface area contributed by atoms with Crippen LogP contribution in [-0.2, 0) is 13.1 Å². The average molecular weight is 536 g/mol. The Balaban J connectivity index is 1.69. The minimum atomic E-state index is -0.832. The first kappa shape index (κ1) is 26.4. The van der Waals surface area contributed by atoms with Crippen molar-refractivity contribution in [2.24, 2.45) is 0 Å². The maximum Gasteiger partial charge on any atom is 0.173 e. The summed E-state index contributed by atoms with van der Waals surface area (Å²) in [5, 5.41) is 14.8. The van der Waals surface area contributed by atoms with E-state index in [1.165, 1.54) is 26.8 Å². The van der Waals surface area contributed by atoms with Crippen molar-refractivity contribution < 1.29 is 9.67 Å². The molecule has 0 spiro atoms. The van der Waals surface area contributed by atoms with E-state index < -0.39 is 16.1 Å². The maximum atomic E-state index is 9.38. The highest BCUT2D eigenvalue weighted by atomic mass is 31.2. The van der Waals surface area contributed by atoms with Crippen LogP contribution in [0.2, 0.25) is 0 Å². The van der Waals surface area contributed by atoms with Gasteiger partial charge in [0.25, 0.3) is 0 Å². The molecule has 0 radical (unpaired) electrons. The molecule has 0 aliphatic carbocycles. The molecule has 5 heteroatoms. The van der Waals surface area contributed by atoms with Gasteiger partial charge in [-0.3, -0.25) is 0 Å². The van der Waals surface area contributed by atoms with Gasteiger partial charge >= 0.3 is 0 Å². The van der Waals surface area contributed by atoms with E-state index in [9.17, 15) is 5.11 Å². The van der Waals surface area contributed by atoms with Crippen LogP contribution in [0.3, 0.4) is 0 Å². The van der Waals surface area contributed by atoms with Crippen molar-refractivity contribution in [1.29, 1.82) is 0 Å². The molecule has 0 amide bonds. The van der Waals surface area contributed by atoms with Crippen LogP contribution < -0.4 is 25.8 Å². The van der Waals surface area contributed by atoms with E-state index in [0.29, 0.717) is 0 Å². The largest absolute Gasteiger partial charge is 0.396 e. The van der Waals surface area contributed by atoms with E-state index in [2.05, 4.69) is 155 Å². The van der Waals surface area contributed by atoms with Gasteiger partial charge in [-0.25, -0.2) is 9.01 Å². The molecule has 0 saturated carbocycles. The molecule has 0 saturated heterocycles. The Morgan fingerprint density at radius 3 is 1.37 bits per heavy atom. The number of benzene rings is 4. The monoisotopic (exact) mass is 535 g/mol. The summed E-state index contributed by atoms with van der Waals surface area (Å²) in [4.78, 5) is 0. The third kappa shape index (κ3) is 6.62. The zero-order chi connectivity index (χ0) is 26.0. The number of hydrogen-bond donors (Lipinski definition) is 1. The summed E-state index contributed by atoms with van der Waals surface area (Å²) in [5.41, 5.74) is 1.27.